The number of hydrogen-bond acceptors (Lipinski definition) is 2. The van der Waals surface area contributed by atoms with E-state index < -0.39 is 0 Å². The zero-order valence-electron chi connectivity index (χ0n) is 15.8. The summed E-state index contributed by atoms with van der Waals surface area (Å²) in [6, 6.07) is 11.3. The Morgan fingerprint density at radius 3 is 2.56 bits per heavy atom. The van der Waals surface area contributed by atoms with Crippen LogP contribution in [0.1, 0.15) is 46.8 Å². The van der Waals surface area contributed by atoms with Gasteiger partial charge in [-0.2, -0.15) is 0 Å². The maximum absolute atomic E-state index is 12.9. The lowest BCUT2D eigenvalue weighted by Crippen LogP contribution is -2.38. The quantitative estimate of drug-likeness (QED) is 0.817. The maximum Gasteiger partial charge on any atom is 0.254 e. The number of fused-ring (bicyclic) bond motifs is 1. The average Bonchev–Trinajstić information content (AvgIpc) is 2.68. The number of nitrogens with one attached hydrogen (secondary N) is 1. The molecule has 3 rings (SSSR count). The molecule has 0 aromatic heterocycles. The second-order valence-electron chi connectivity index (χ2n) is 7.02. The predicted octanol–water partition coefficient (Wildman–Crippen LogP) is 4.63. The van der Waals surface area contributed by atoms with Crippen molar-refractivity contribution in [2.45, 2.75) is 39.5 Å². The van der Waals surface area contributed by atoms with Gasteiger partial charge in [0.1, 0.15) is 6.54 Å². The van der Waals surface area contributed by atoms with Gasteiger partial charge in [0.2, 0.25) is 5.91 Å². The lowest BCUT2D eigenvalue weighted by molar-refractivity contribution is -0.116. The largest absolute Gasteiger partial charge is 0.330 e. The van der Waals surface area contributed by atoms with E-state index in [0.29, 0.717) is 22.8 Å². The molecule has 1 N–H and O–H groups in total. The van der Waals surface area contributed by atoms with Gasteiger partial charge in [-0.1, -0.05) is 23.7 Å². The van der Waals surface area contributed by atoms with Gasteiger partial charge in [-0.15, -0.1) is 0 Å². The van der Waals surface area contributed by atoms with Gasteiger partial charge in [-0.05, 0) is 80.5 Å². The van der Waals surface area contributed by atoms with Crippen LogP contribution in [-0.4, -0.2) is 29.8 Å². The number of likely N-dealkylation sites (N-methyl/N-ethyl adjacent to an activating group) is 1. The van der Waals surface area contributed by atoms with Gasteiger partial charge in [0.05, 0.1) is 0 Å². The molecular weight excluding hydrogens is 360 g/mol. The summed E-state index contributed by atoms with van der Waals surface area (Å²) in [4.78, 5) is 26.9. The van der Waals surface area contributed by atoms with Crippen LogP contribution in [0.25, 0.3) is 0 Å². The normalized spacial score (nSPS) is 13.0. The Balaban J connectivity index is 1.70. The molecule has 0 saturated heterocycles. The van der Waals surface area contributed by atoms with Crippen molar-refractivity contribution in [2.24, 2.45) is 0 Å². The SMILES string of the molecule is CCN(CC(=O)Nc1cc(Cl)ccc1C)C(=O)c1ccc2c(c1)CCCC2. The first-order valence-electron chi connectivity index (χ1n) is 9.45. The average molecular weight is 385 g/mol. The molecule has 0 atom stereocenters. The molecule has 0 aliphatic heterocycles. The van der Waals surface area contributed by atoms with Crippen molar-refractivity contribution in [3.63, 3.8) is 0 Å². The van der Waals surface area contributed by atoms with E-state index in [9.17, 15) is 9.59 Å². The van der Waals surface area contributed by atoms with Crippen LogP contribution in [0.3, 0.4) is 0 Å². The molecule has 2 amide bonds. The van der Waals surface area contributed by atoms with Gasteiger partial charge < -0.3 is 10.2 Å². The number of halogens is 1. The van der Waals surface area contributed by atoms with E-state index in [4.69, 9.17) is 11.6 Å². The number of rotatable bonds is 5. The molecule has 1 aliphatic rings. The summed E-state index contributed by atoms with van der Waals surface area (Å²) in [5.74, 6) is -0.336. The van der Waals surface area contributed by atoms with Crippen molar-refractivity contribution >= 4 is 29.1 Å². The van der Waals surface area contributed by atoms with E-state index in [0.717, 1.165) is 18.4 Å². The van der Waals surface area contributed by atoms with Crippen molar-refractivity contribution in [3.05, 3.63) is 63.7 Å². The highest BCUT2D eigenvalue weighted by Gasteiger charge is 2.19. The fourth-order valence-corrected chi connectivity index (χ4v) is 3.64. The van der Waals surface area contributed by atoms with Crippen LogP contribution in [0.4, 0.5) is 5.69 Å². The van der Waals surface area contributed by atoms with E-state index in [2.05, 4.69) is 11.4 Å². The van der Waals surface area contributed by atoms with Crippen LogP contribution in [0.2, 0.25) is 5.02 Å². The van der Waals surface area contributed by atoms with Gasteiger partial charge in [0.25, 0.3) is 5.91 Å². The van der Waals surface area contributed by atoms with Crippen LogP contribution >= 0.6 is 11.6 Å². The first-order chi connectivity index (χ1) is 13.0. The monoisotopic (exact) mass is 384 g/mol. The van der Waals surface area contributed by atoms with Gasteiger partial charge >= 0.3 is 0 Å². The number of hydrogen-bond donors (Lipinski definition) is 1. The zero-order chi connectivity index (χ0) is 19.4. The second kappa shape index (κ2) is 8.57. The van der Waals surface area contributed by atoms with E-state index >= 15 is 0 Å². The Morgan fingerprint density at radius 1 is 1.07 bits per heavy atom. The predicted molar refractivity (Wildman–Crippen MR) is 109 cm³/mol. The third kappa shape index (κ3) is 4.69. The molecule has 0 heterocycles. The topological polar surface area (TPSA) is 49.4 Å². The minimum absolute atomic E-state index is 0.0123. The van der Waals surface area contributed by atoms with Crippen molar-refractivity contribution in [1.82, 2.24) is 4.90 Å². The summed E-state index contributed by atoms with van der Waals surface area (Å²) in [6.07, 6.45) is 4.49. The lowest BCUT2D eigenvalue weighted by atomic mass is 9.90. The smallest absolute Gasteiger partial charge is 0.254 e. The molecule has 0 saturated carbocycles. The summed E-state index contributed by atoms with van der Waals surface area (Å²) < 4.78 is 0. The highest BCUT2D eigenvalue weighted by atomic mass is 35.5. The standard InChI is InChI=1S/C22H25ClN2O2/c1-3-25(14-21(26)24-20-13-19(23)11-8-15(20)2)22(27)18-10-9-16-6-4-5-7-17(16)12-18/h8-13H,3-7,14H2,1-2H3,(H,24,26). The molecular formula is C22H25ClN2O2. The Hall–Kier alpha value is -2.33. The Bertz CT molecular complexity index is 863. The van der Waals surface area contributed by atoms with E-state index in [1.807, 2.05) is 32.0 Å². The number of benzene rings is 2. The van der Waals surface area contributed by atoms with Crippen LogP contribution < -0.4 is 5.32 Å². The summed E-state index contributed by atoms with van der Waals surface area (Å²) >= 11 is 6.01. The first-order valence-corrected chi connectivity index (χ1v) is 9.83. The Labute approximate surface area is 165 Å². The number of aryl methyl sites for hydroxylation is 3. The van der Waals surface area contributed by atoms with Crippen molar-refractivity contribution in [1.29, 1.82) is 0 Å². The van der Waals surface area contributed by atoms with Crippen LogP contribution in [0.5, 0.6) is 0 Å². The molecule has 27 heavy (non-hydrogen) atoms. The zero-order valence-corrected chi connectivity index (χ0v) is 16.6. The van der Waals surface area contributed by atoms with Gasteiger partial charge in [0.15, 0.2) is 0 Å². The third-order valence-corrected chi connectivity index (χ3v) is 5.31. The number of nitrogens with zero attached hydrogens (tertiary/aromatic N) is 1. The molecule has 2 aromatic rings. The molecule has 5 heteroatoms. The highest BCUT2D eigenvalue weighted by molar-refractivity contribution is 6.31. The van der Waals surface area contributed by atoms with Crippen LogP contribution in [-0.2, 0) is 17.6 Å². The number of anilines is 1. The molecule has 0 radical (unpaired) electrons. The summed E-state index contributed by atoms with van der Waals surface area (Å²) in [5, 5.41) is 3.42. The molecule has 4 nitrogen and oxygen atoms in total. The fourth-order valence-electron chi connectivity index (χ4n) is 3.47. The molecule has 2 aromatic carbocycles. The number of carbonyl (C=O) groups is 2. The molecule has 142 valence electrons. The van der Waals surface area contributed by atoms with Crippen molar-refractivity contribution in [2.75, 3.05) is 18.4 Å². The van der Waals surface area contributed by atoms with Crippen LogP contribution in [0, 0.1) is 6.92 Å². The minimum atomic E-state index is -0.228. The molecule has 0 bridgehead atoms. The van der Waals surface area contributed by atoms with E-state index in [1.165, 1.54) is 24.0 Å². The number of carbonyl (C=O) groups excluding carboxylic acids is 2. The summed E-state index contributed by atoms with van der Waals surface area (Å²) in [5.41, 5.74) is 4.86. The third-order valence-electron chi connectivity index (χ3n) is 5.07. The highest BCUT2D eigenvalue weighted by Crippen LogP contribution is 2.23. The lowest BCUT2D eigenvalue weighted by Gasteiger charge is -2.22. The number of amides is 2. The molecule has 1 aliphatic carbocycles. The van der Waals surface area contributed by atoms with Gasteiger partial charge in [-0.25, -0.2) is 0 Å². The van der Waals surface area contributed by atoms with E-state index in [-0.39, 0.29) is 18.4 Å². The van der Waals surface area contributed by atoms with Crippen LogP contribution in [0.15, 0.2) is 36.4 Å². The first kappa shape index (κ1) is 19.4. The molecule has 0 spiro atoms. The Morgan fingerprint density at radius 2 is 1.81 bits per heavy atom. The summed E-state index contributed by atoms with van der Waals surface area (Å²) in [6.45, 7) is 4.27. The van der Waals surface area contributed by atoms with Crippen molar-refractivity contribution in [3.8, 4) is 0 Å². The Kier molecular flexibility index (Phi) is 6.17. The molecule has 0 fully saturated rings. The second-order valence-corrected chi connectivity index (χ2v) is 7.45. The fraction of sp³-hybridized carbons (Fsp3) is 0.364. The summed E-state index contributed by atoms with van der Waals surface area (Å²) in [7, 11) is 0. The maximum atomic E-state index is 12.9. The van der Waals surface area contributed by atoms with Gasteiger partial charge in [-0.3, -0.25) is 9.59 Å². The minimum Gasteiger partial charge on any atom is -0.330 e. The van der Waals surface area contributed by atoms with E-state index in [1.54, 1.807) is 17.0 Å². The van der Waals surface area contributed by atoms with Gasteiger partial charge in [0, 0.05) is 22.8 Å². The van der Waals surface area contributed by atoms with Crippen molar-refractivity contribution < 1.29 is 9.59 Å². The molecule has 0 unspecified atom stereocenters.